The maximum absolute atomic E-state index is 5.35. The van der Waals surface area contributed by atoms with Crippen LogP contribution in [0.1, 0.15) is 11.4 Å². The summed E-state index contributed by atoms with van der Waals surface area (Å²) in [7, 11) is 3.11. The van der Waals surface area contributed by atoms with Crippen LogP contribution in [0.15, 0.2) is 6.07 Å². The third kappa shape index (κ3) is 1.36. The van der Waals surface area contributed by atoms with Crippen molar-refractivity contribution >= 4 is 5.78 Å². The lowest BCUT2D eigenvalue weighted by Crippen LogP contribution is -1.99. The monoisotopic (exact) mass is 217 g/mol. The molecular formula is C11H11N3O2. The summed E-state index contributed by atoms with van der Waals surface area (Å²) >= 11 is 0. The number of aryl methyl sites for hydroxylation is 1. The molecule has 2 aromatic rings. The van der Waals surface area contributed by atoms with Crippen molar-refractivity contribution in [2.24, 2.45) is 0 Å². The zero-order chi connectivity index (χ0) is 11.7. The molecule has 0 unspecified atom stereocenters. The molecule has 0 aliphatic heterocycles. The maximum Gasteiger partial charge on any atom is 0.241 e. The molecule has 5 heteroatoms. The number of terminal acetylenes is 1. The van der Waals surface area contributed by atoms with Crippen molar-refractivity contribution in [3.8, 4) is 24.1 Å². The van der Waals surface area contributed by atoms with Gasteiger partial charge in [-0.1, -0.05) is 0 Å². The topological polar surface area (TPSA) is 48.7 Å². The van der Waals surface area contributed by atoms with Gasteiger partial charge in [0.15, 0.2) is 0 Å². The van der Waals surface area contributed by atoms with Gasteiger partial charge in [-0.05, 0) is 12.8 Å². The molecule has 0 saturated heterocycles. The second-order valence-corrected chi connectivity index (χ2v) is 3.17. The molecule has 0 bridgehead atoms. The van der Waals surface area contributed by atoms with Gasteiger partial charge in [0.2, 0.25) is 17.5 Å². The summed E-state index contributed by atoms with van der Waals surface area (Å²) in [6.07, 6.45) is 5.35. The van der Waals surface area contributed by atoms with E-state index >= 15 is 0 Å². The van der Waals surface area contributed by atoms with Crippen LogP contribution >= 0.6 is 0 Å². The van der Waals surface area contributed by atoms with Gasteiger partial charge >= 0.3 is 0 Å². The summed E-state index contributed by atoms with van der Waals surface area (Å²) < 4.78 is 12.0. The Bertz CT molecular complexity index is 581. The van der Waals surface area contributed by atoms with Crippen LogP contribution in [-0.4, -0.2) is 28.6 Å². The van der Waals surface area contributed by atoms with E-state index in [9.17, 15) is 0 Å². The molecule has 0 saturated carbocycles. The number of rotatable bonds is 2. The second-order valence-electron chi connectivity index (χ2n) is 3.17. The van der Waals surface area contributed by atoms with E-state index in [1.807, 2.05) is 6.92 Å². The summed E-state index contributed by atoms with van der Waals surface area (Å²) in [6, 6.07) is 1.68. The van der Waals surface area contributed by atoms with Crippen LogP contribution in [0.25, 0.3) is 5.78 Å². The molecule has 16 heavy (non-hydrogen) atoms. The molecule has 2 heterocycles. The zero-order valence-electron chi connectivity index (χ0n) is 9.31. The summed E-state index contributed by atoms with van der Waals surface area (Å²) in [4.78, 5) is 8.39. The van der Waals surface area contributed by atoms with E-state index in [4.69, 9.17) is 15.9 Å². The van der Waals surface area contributed by atoms with Crippen LogP contribution < -0.4 is 9.47 Å². The number of hydrogen-bond acceptors (Lipinski definition) is 4. The van der Waals surface area contributed by atoms with E-state index < -0.39 is 0 Å². The third-order valence-corrected chi connectivity index (χ3v) is 2.32. The molecule has 0 aromatic carbocycles. The highest BCUT2D eigenvalue weighted by atomic mass is 16.5. The Labute approximate surface area is 93.0 Å². The number of nitrogens with zero attached hydrogens (tertiary/aromatic N) is 3. The van der Waals surface area contributed by atoms with Gasteiger partial charge in [0.1, 0.15) is 5.69 Å². The molecule has 0 aliphatic rings. The Kier molecular flexibility index (Phi) is 2.41. The van der Waals surface area contributed by atoms with Crippen LogP contribution in [0, 0.1) is 19.3 Å². The minimum atomic E-state index is 0.443. The summed E-state index contributed by atoms with van der Waals surface area (Å²) in [5, 5.41) is 0. The molecule has 0 fully saturated rings. The van der Waals surface area contributed by atoms with Gasteiger partial charge in [-0.3, -0.25) is 0 Å². The van der Waals surface area contributed by atoms with Crippen molar-refractivity contribution in [3.63, 3.8) is 0 Å². The Morgan fingerprint density at radius 1 is 1.31 bits per heavy atom. The normalized spacial score (nSPS) is 10.1. The predicted molar refractivity (Wildman–Crippen MR) is 58.8 cm³/mol. The molecule has 0 aliphatic carbocycles. The molecule has 2 rings (SSSR count). The molecule has 0 atom stereocenters. The van der Waals surface area contributed by atoms with Crippen molar-refractivity contribution in [3.05, 3.63) is 17.5 Å². The maximum atomic E-state index is 5.35. The molecule has 5 nitrogen and oxygen atoms in total. The lowest BCUT2D eigenvalue weighted by molar-refractivity contribution is 0.369. The highest BCUT2D eigenvalue weighted by Crippen LogP contribution is 2.22. The van der Waals surface area contributed by atoms with E-state index in [0.717, 1.165) is 5.69 Å². The van der Waals surface area contributed by atoms with E-state index in [0.29, 0.717) is 23.2 Å². The van der Waals surface area contributed by atoms with Crippen LogP contribution in [0.5, 0.6) is 11.8 Å². The van der Waals surface area contributed by atoms with E-state index in [1.165, 1.54) is 7.11 Å². The first-order valence-corrected chi connectivity index (χ1v) is 4.66. The quantitative estimate of drug-likeness (QED) is 0.705. The number of fused-ring (bicyclic) bond motifs is 1. The molecule has 0 spiro atoms. The summed E-state index contributed by atoms with van der Waals surface area (Å²) in [6.45, 7) is 1.87. The summed E-state index contributed by atoms with van der Waals surface area (Å²) in [5.41, 5.74) is 1.38. The number of aromatic nitrogens is 3. The first-order valence-electron chi connectivity index (χ1n) is 4.66. The number of methoxy groups -OCH3 is 2. The Morgan fingerprint density at radius 3 is 2.62 bits per heavy atom. The van der Waals surface area contributed by atoms with Gasteiger partial charge < -0.3 is 9.47 Å². The van der Waals surface area contributed by atoms with Crippen LogP contribution in [-0.2, 0) is 0 Å². The van der Waals surface area contributed by atoms with Crippen LogP contribution in [0.4, 0.5) is 0 Å². The third-order valence-electron chi connectivity index (χ3n) is 2.32. The van der Waals surface area contributed by atoms with Crippen molar-refractivity contribution in [1.82, 2.24) is 14.4 Å². The van der Waals surface area contributed by atoms with Gasteiger partial charge in [-0.25, -0.2) is 9.38 Å². The molecule has 2 aromatic heterocycles. The largest absolute Gasteiger partial charge is 0.482 e. The molecule has 82 valence electrons. The second kappa shape index (κ2) is 3.74. The van der Waals surface area contributed by atoms with Crippen LogP contribution in [0.3, 0.4) is 0 Å². The van der Waals surface area contributed by atoms with E-state index in [1.54, 1.807) is 17.6 Å². The van der Waals surface area contributed by atoms with Crippen molar-refractivity contribution in [1.29, 1.82) is 0 Å². The SMILES string of the molecule is C#Cc1nc2nc(OC)cc(OC)n2c1C. The lowest BCUT2D eigenvalue weighted by atomic mass is 10.3. The fraction of sp³-hybridized carbons (Fsp3) is 0.273. The molecule has 0 N–H and O–H groups in total. The first kappa shape index (κ1) is 10.3. The van der Waals surface area contributed by atoms with Gasteiger partial charge in [-0.2, -0.15) is 4.98 Å². The zero-order valence-corrected chi connectivity index (χ0v) is 9.31. The Hall–Kier alpha value is -2.22. The average molecular weight is 217 g/mol. The number of imidazole rings is 1. The smallest absolute Gasteiger partial charge is 0.241 e. The van der Waals surface area contributed by atoms with Gasteiger partial charge in [0, 0.05) is 0 Å². The predicted octanol–water partition coefficient (Wildman–Crippen LogP) is 1.04. The van der Waals surface area contributed by atoms with Crippen molar-refractivity contribution in [2.75, 3.05) is 14.2 Å². The highest BCUT2D eigenvalue weighted by molar-refractivity contribution is 5.47. The molecule has 0 amide bonds. The van der Waals surface area contributed by atoms with Gasteiger partial charge in [-0.15, -0.1) is 6.42 Å². The average Bonchev–Trinajstić information content (AvgIpc) is 2.65. The fourth-order valence-electron chi connectivity index (χ4n) is 1.52. The van der Waals surface area contributed by atoms with E-state index in [2.05, 4.69) is 15.9 Å². The minimum Gasteiger partial charge on any atom is -0.482 e. The Morgan fingerprint density at radius 2 is 2.06 bits per heavy atom. The minimum absolute atomic E-state index is 0.443. The van der Waals surface area contributed by atoms with Crippen LogP contribution in [0.2, 0.25) is 0 Å². The highest BCUT2D eigenvalue weighted by Gasteiger charge is 2.13. The standard InChI is InChI=1S/C11H11N3O2/c1-5-8-7(2)14-10(16-4)6-9(15-3)13-11(14)12-8/h1,6H,2-4H3. The number of ether oxygens (including phenoxy) is 2. The van der Waals surface area contributed by atoms with E-state index in [-0.39, 0.29) is 0 Å². The molecule has 0 radical (unpaired) electrons. The fourth-order valence-corrected chi connectivity index (χ4v) is 1.52. The van der Waals surface area contributed by atoms with Gasteiger partial charge in [0.05, 0.1) is 26.0 Å². The number of hydrogen-bond donors (Lipinski definition) is 0. The molecular weight excluding hydrogens is 206 g/mol. The van der Waals surface area contributed by atoms with Crippen molar-refractivity contribution < 1.29 is 9.47 Å². The van der Waals surface area contributed by atoms with Gasteiger partial charge in [0.25, 0.3) is 0 Å². The lowest BCUT2D eigenvalue weighted by Gasteiger charge is -2.06. The summed E-state index contributed by atoms with van der Waals surface area (Å²) in [5.74, 6) is 4.01. The Balaban J connectivity index is 2.83. The van der Waals surface area contributed by atoms with Crippen molar-refractivity contribution in [2.45, 2.75) is 6.92 Å². The first-order chi connectivity index (χ1) is 7.71.